The van der Waals surface area contributed by atoms with Gasteiger partial charge in [0.15, 0.2) is 0 Å². The van der Waals surface area contributed by atoms with Crippen LogP contribution in [0.3, 0.4) is 0 Å². The molecule has 9 nitrogen and oxygen atoms in total. The third-order valence-electron chi connectivity index (χ3n) is 5.37. The number of carbonyl (C=O) groups excluding carboxylic acids is 2. The number of alkyl carbamates (subject to hydrolysis) is 1. The van der Waals surface area contributed by atoms with Gasteiger partial charge in [0, 0.05) is 24.6 Å². The van der Waals surface area contributed by atoms with Crippen molar-refractivity contribution >= 4 is 17.7 Å². The first-order valence-electron chi connectivity index (χ1n) is 9.32. The molecule has 0 spiro atoms. The highest BCUT2D eigenvalue weighted by Crippen LogP contribution is 2.43. The van der Waals surface area contributed by atoms with Crippen molar-refractivity contribution in [3.8, 4) is 0 Å². The SMILES string of the molecule is CC1COC(C)(C)N2C(=O)C(CCNC(=O)OCc3ccc([N+](=O)[O-])cc3)C12. The molecule has 152 valence electrons. The predicted molar refractivity (Wildman–Crippen MR) is 99.2 cm³/mol. The summed E-state index contributed by atoms with van der Waals surface area (Å²) in [6, 6.07) is 5.94. The smallest absolute Gasteiger partial charge is 0.407 e. The van der Waals surface area contributed by atoms with E-state index in [1.165, 1.54) is 12.1 Å². The van der Waals surface area contributed by atoms with Crippen LogP contribution in [0, 0.1) is 22.0 Å². The summed E-state index contributed by atoms with van der Waals surface area (Å²) in [4.78, 5) is 36.3. The standard InChI is InChI=1S/C19H25N3O6/c1-12-10-28-19(2,3)21-16(12)15(17(21)23)8-9-20-18(24)27-11-13-4-6-14(7-5-13)22(25)26/h4-7,12,15-16H,8-11H2,1-3H3,(H,20,24). The molecular weight excluding hydrogens is 366 g/mol. The molecule has 3 unspecified atom stereocenters. The van der Waals surface area contributed by atoms with Gasteiger partial charge < -0.3 is 19.7 Å². The van der Waals surface area contributed by atoms with Crippen LogP contribution < -0.4 is 5.32 Å². The van der Waals surface area contributed by atoms with E-state index < -0.39 is 16.7 Å². The number of non-ortho nitro benzene ring substituents is 1. The second-order valence-electron chi connectivity index (χ2n) is 7.76. The highest BCUT2D eigenvalue weighted by atomic mass is 16.6. The Morgan fingerprint density at radius 1 is 1.39 bits per heavy atom. The molecule has 2 fully saturated rings. The maximum absolute atomic E-state index is 12.5. The lowest BCUT2D eigenvalue weighted by atomic mass is 9.75. The van der Waals surface area contributed by atoms with Crippen molar-refractivity contribution in [1.82, 2.24) is 10.2 Å². The van der Waals surface area contributed by atoms with Crippen LogP contribution in [0.4, 0.5) is 10.5 Å². The average Bonchev–Trinajstić information content (AvgIpc) is 2.65. The van der Waals surface area contributed by atoms with Crippen molar-refractivity contribution in [2.75, 3.05) is 13.2 Å². The molecule has 2 aliphatic rings. The molecule has 28 heavy (non-hydrogen) atoms. The number of β-lactam (4-membered cyclic amide) rings is 1. The molecule has 2 amide bonds. The average molecular weight is 391 g/mol. The first kappa shape index (κ1) is 20.1. The minimum Gasteiger partial charge on any atom is -0.445 e. The second kappa shape index (κ2) is 7.75. The highest BCUT2D eigenvalue weighted by Gasteiger charge is 2.57. The van der Waals surface area contributed by atoms with Gasteiger partial charge in [0.25, 0.3) is 5.69 Å². The molecule has 9 heteroatoms. The Hall–Kier alpha value is -2.68. The first-order chi connectivity index (χ1) is 13.2. The minimum absolute atomic E-state index is 0.0158. The molecule has 1 aromatic rings. The molecule has 2 heterocycles. The second-order valence-corrected chi connectivity index (χ2v) is 7.76. The summed E-state index contributed by atoms with van der Waals surface area (Å²) in [5.74, 6) is 0.195. The quantitative estimate of drug-likeness (QED) is 0.453. The summed E-state index contributed by atoms with van der Waals surface area (Å²) in [6.07, 6.45) is -0.0325. The van der Waals surface area contributed by atoms with Gasteiger partial charge in [-0.05, 0) is 38.0 Å². The van der Waals surface area contributed by atoms with Crippen molar-refractivity contribution in [2.24, 2.45) is 11.8 Å². The number of hydrogen-bond donors (Lipinski definition) is 1. The lowest BCUT2D eigenvalue weighted by Crippen LogP contribution is -2.74. The number of nitrogens with one attached hydrogen (secondary N) is 1. The fraction of sp³-hybridized carbons (Fsp3) is 0.579. The summed E-state index contributed by atoms with van der Waals surface area (Å²) < 4.78 is 10.9. The summed E-state index contributed by atoms with van der Waals surface area (Å²) in [6.45, 7) is 6.83. The summed E-state index contributed by atoms with van der Waals surface area (Å²) >= 11 is 0. The van der Waals surface area contributed by atoms with Crippen molar-refractivity contribution in [3.63, 3.8) is 0 Å². The van der Waals surface area contributed by atoms with E-state index in [0.29, 0.717) is 25.1 Å². The van der Waals surface area contributed by atoms with Crippen LogP contribution >= 0.6 is 0 Å². The zero-order valence-electron chi connectivity index (χ0n) is 16.2. The molecule has 2 aliphatic heterocycles. The van der Waals surface area contributed by atoms with Crippen LogP contribution in [0.15, 0.2) is 24.3 Å². The van der Waals surface area contributed by atoms with E-state index >= 15 is 0 Å². The topological polar surface area (TPSA) is 111 Å². The number of benzene rings is 1. The van der Waals surface area contributed by atoms with Gasteiger partial charge >= 0.3 is 6.09 Å². The maximum Gasteiger partial charge on any atom is 0.407 e. The van der Waals surface area contributed by atoms with E-state index in [4.69, 9.17) is 9.47 Å². The molecular formula is C19H25N3O6. The van der Waals surface area contributed by atoms with Crippen LogP contribution in [0.5, 0.6) is 0 Å². The summed E-state index contributed by atoms with van der Waals surface area (Å²) in [5.41, 5.74) is 0.0590. The van der Waals surface area contributed by atoms with E-state index in [1.54, 1.807) is 17.0 Å². The number of nitro groups is 1. The maximum atomic E-state index is 12.5. The summed E-state index contributed by atoms with van der Waals surface area (Å²) in [5, 5.41) is 13.3. The van der Waals surface area contributed by atoms with E-state index in [2.05, 4.69) is 12.2 Å². The largest absolute Gasteiger partial charge is 0.445 e. The molecule has 1 N–H and O–H groups in total. The molecule has 2 saturated heterocycles. The molecule has 3 rings (SSSR count). The van der Waals surface area contributed by atoms with E-state index in [9.17, 15) is 19.7 Å². The van der Waals surface area contributed by atoms with Crippen molar-refractivity contribution < 1.29 is 24.0 Å². The number of hydrogen-bond acceptors (Lipinski definition) is 6. The van der Waals surface area contributed by atoms with Gasteiger partial charge in [-0.1, -0.05) is 6.92 Å². The number of carbonyl (C=O) groups is 2. The number of nitro benzene ring substituents is 1. The van der Waals surface area contributed by atoms with E-state index in [1.807, 2.05) is 13.8 Å². The Morgan fingerprint density at radius 2 is 2.07 bits per heavy atom. The summed E-state index contributed by atoms with van der Waals surface area (Å²) in [7, 11) is 0. The normalized spacial score (nSPS) is 25.5. The fourth-order valence-corrected chi connectivity index (χ4v) is 3.89. The Morgan fingerprint density at radius 3 is 2.71 bits per heavy atom. The van der Waals surface area contributed by atoms with Gasteiger partial charge in [-0.2, -0.15) is 0 Å². The Bertz CT molecular complexity index is 763. The van der Waals surface area contributed by atoms with Gasteiger partial charge in [0.05, 0.1) is 23.5 Å². The van der Waals surface area contributed by atoms with E-state index in [-0.39, 0.29) is 36.1 Å². The molecule has 3 atom stereocenters. The van der Waals surface area contributed by atoms with Gasteiger partial charge in [-0.3, -0.25) is 14.9 Å². The van der Waals surface area contributed by atoms with Crippen molar-refractivity contribution in [2.45, 2.75) is 45.6 Å². The van der Waals surface area contributed by atoms with Gasteiger partial charge in [0.1, 0.15) is 12.3 Å². The van der Waals surface area contributed by atoms with Crippen LogP contribution in [0.2, 0.25) is 0 Å². The Kier molecular flexibility index (Phi) is 5.55. The lowest BCUT2D eigenvalue weighted by molar-refractivity contribution is -0.384. The molecule has 0 aliphatic carbocycles. The van der Waals surface area contributed by atoms with Gasteiger partial charge in [-0.25, -0.2) is 4.79 Å². The fourth-order valence-electron chi connectivity index (χ4n) is 3.89. The van der Waals surface area contributed by atoms with Crippen LogP contribution in [0.25, 0.3) is 0 Å². The van der Waals surface area contributed by atoms with Gasteiger partial charge in [0.2, 0.25) is 5.91 Å². The zero-order chi connectivity index (χ0) is 20.5. The number of nitrogens with zero attached hydrogens (tertiary/aromatic N) is 2. The third kappa shape index (κ3) is 3.94. The van der Waals surface area contributed by atoms with E-state index in [0.717, 1.165) is 0 Å². The molecule has 0 bridgehead atoms. The van der Waals surface area contributed by atoms with Crippen molar-refractivity contribution in [3.05, 3.63) is 39.9 Å². The number of ether oxygens (including phenoxy) is 2. The van der Waals surface area contributed by atoms with Crippen LogP contribution in [-0.4, -0.2) is 46.7 Å². The molecule has 0 radical (unpaired) electrons. The van der Waals surface area contributed by atoms with Gasteiger partial charge in [-0.15, -0.1) is 0 Å². The minimum atomic E-state index is -0.581. The number of amides is 2. The Balaban J connectivity index is 1.42. The first-order valence-corrected chi connectivity index (χ1v) is 9.32. The van der Waals surface area contributed by atoms with Crippen LogP contribution in [0.1, 0.15) is 32.8 Å². The van der Waals surface area contributed by atoms with Crippen LogP contribution in [-0.2, 0) is 20.9 Å². The molecule has 1 aromatic carbocycles. The third-order valence-corrected chi connectivity index (χ3v) is 5.37. The molecule has 0 saturated carbocycles. The monoisotopic (exact) mass is 391 g/mol. The Labute approximate surface area is 163 Å². The number of rotatable bonds is 6. The molecule has 0 aromatic heterocycles. The zero-order valence-corrected chi connectivity index (χ0v) is 16.2. The lowest BCUT2D eigenvalue weighted by Gasteiger charge is -2.60. The van der Waals surface area contributed by atoms with Crippen molar-refractivity contribution in [1.29, 1.82) is 0 Å². The highest BCUT2D eigenvalue weighted by molar-refractivity contribution is 5.87. The number of fused-ring (bicyclic) bond motifs is 1. The predicted octanol–water partition coefficient (Wildman–Crippen LogP) is 2.44.